The van der Waals surface area contributed by atoms with E-state index in [1.807, 2.05) is 24.3 Å². The Kier molecular flexibility index (Phi) is 5.64. The zero-order valence-corrected chi connectivity index (χ0v) is 15.1. The fraction of sp³-hybridized carbons (Fsp3) is 0.182. The molecule has 4 nitrogen and oxygen atoms in total. The Balaban J connectivity index is 1.63. The Morgan fingerprint density at radius 3 is 2.62 bits per heavy atom. The molecule has 0 saturated carbocycles. The number of rotatable bonds is 6. The van der Waals surface area contributed by atoms with Gasteiger partial charge in [-0.05, 0) is 55.2 Å². The van der Waals surface area contributed by atoms with E-state index in [1.54, 1.807) is 12.3 Å². The number of hydrogen-bond donors (Lipinski definition) is 2. The molecule has 26 heavy (non-hydrogen) atoms. The molecule has 3 aromatic rings. The predicted octanol–water partition coefficient (Wildman–Crippen LogP) is 4.41. The molecule has 3 rings (SSSR count). The van der Waals surface area contributed by atoms with Crippen LogP contribution in [0.2, 0.25) is 0 Å². The molecule has 0 saturated heterocycles. The average molecular weight is 345 g/mol. The van der Waals surface area contributed by atoms with Crippen LogP contribution in [-0.4, -0.2) is 17.4 Å². The summed E-state index contributed by atoms with van der Waals surface area (Å²) in [7, 11) is 0. The number of aryl methyl sites for hydroxylation is 2. The Bertz CT molecular complexity index is 891. The third-order valence-electron chi connectivity index (χ3n) is 4.21. The number of nitrogens with zero attached hydrogens (tertiary/aromatic N) is 1. The number of nitrogens with one attached hydrogen (secondary N) is 2. The summed E-state index contributed by atoms with van der Waals surface area (Å²) in [5.41, 5.74) is 5.83. The van der Waals surface area contributed by atoms with Gasteiger partial charge in [0.05, 0.1) is 0 Å². The minimum absolute atomic E-state index is 0.162. The quantitative estimate of drug-likeness (QED) is 0.695. The lowest BCUT2D eigenvalue weighted by Crippen LogP contribution is -2.26. The van der Waals surface area contributed by atoms with Crippen LogP contribution in [0.1, 0.15) is 27.2 Å². The molecule has 1 amide bonds. The summed E-state index contributed by atoms with van der Waals surface area (Å²) < 4.78 is 0. The molecule has 2 aromatic carbocycles. The summed E-state index contributed by atoms with van der Waals surface area (Å²) in [5, 5.41) is 6.30. The first-order chi connectivity index (χ1) is 12.6. The first-order valence-corrected chi connectivity index (χ1v) is 8.74. The van der Waals surface area contributed by atoms with Crippen LogP contribution in [0.25, 0.3) is 0 Å². The third kappa shape index (κ3) is 4.70. The highest BCUT2D eigenvalue weighted by molar-refractivity contribution is 5.93. The van der Waals surface area contributed by atoms with Gasteiger partial charge in [0.1, 0.15) is 5.69 Å². The summed E-state index contributed by atoms with van der Waals surface area (Å²) in [6.07, 6.45) is 2.45. The molecule has 1 aromatic heterocycles. The third-order valence-corrected chi connectivity index (χ3v) is 4.21. The molecule has 2 N–H and O–H groups in total. The van der Waals surface area contributed by atoms with E-state index in [0.717, 1.165) is 23.4 Å². The SMILES string of the molecule is Cc1ccc(C)c(Nc2ccnc(C(=O)NCCc3ccccc3)c2)c1. The molecular weight excluding hydrogens is 322 g/mol. The second kappa shape index (κ2) is 8.30. The molecule has 0 atom stereocenters. The highest BCUT2D eigenvalue weighted by Crippen LogP contribution is 2.21. The molecule has 0 radical (unpaired) electrons. The Labute approximate surface area is 154 Å². The minimum atomic E-state index is -0.162. The second-order valence-corrected chi connectivity index (χ2v) is 6.36. The second-order valence-electron chi connectivity index (χ2n) is 6.36. The largest absolute Gasteiger partial charge is 0.355 e. The number of carbonyl (C=O) groups excluding carboxylic acids is 1. The summed E-state index contributed by atoms with van der Waals surface area (Å²) in [6.45, 7) is 4.70. The molecular formula is C22H23N3O. The molecule has 1 heterocycles. The van der Waals surface area contributed by atoms with E-state index in [1.165, 1.54) is 11.1 Å². The van der Waals surface area contributed by atoms with Crippen LogP contribution in [0.5, 0.6) is 0 Å². The number of pyridine rings is 1. The van der Waals surface area contributed by atoms with Gasteiger partial charge >= 0.3 is 0 Å². The summed E-state index contributed by atoms with van der Waals surface area (Å²) in [5.74, 6) is -0.162. The lowest BCUT2D eigenvalue weighted by atomic mass is 10.1. The zero-order valence-electron chi connectivity index (χ0n) is 15.1. The highest BCUT2D eigenvalue weighted by atomic mass is 16.1. The van der Waals surface area contributed by atoms with Gasteiger partial charge in [0.2, 0.25) is 0 Å². The van der Waals surface area contributed by atoms with Crippen LogP contribution in [0, 0.1) is 13.8 Å². The fourth-order valence-corrected chi connectivity index (χ4v) is 2.71. The van der Waals surface area contributed by atoms with Crippen molar-refractivity contribution in [1.29, 1.82) is 0 Å². The van der Waals surface area contributed by atoms with Gasteiger partial charge in [0.15, 0.2) is 0 Å². The van der Waals surface area contributed by atoms with Gasteiger partial charge in [0, 0.05) is 24.1 Å². The van der Waals surface area contributed by atoms with Crippen molar-refractivity contribution in [2.75, 3.05) is 11.9 Å². The van der Waals surface area contributed by atoms with Crippen molar-refractivity contribution in [3.63, 3.8) is 0 Å². The number of carbonyl (C=O) groups is 1. The van der Waals surface area contributed by atoms with Crippen molar-refractivity contribution in [3.05, 3.63) is 89.2 Å². The van der Waals surface area contributed by atoms with Crippen molar-refractivity contribution in [3.8, 4) is 0 Å². The van der Waals surface area contributed by atoms with Crippen molar-refractivity contribution in [1.82, 2.24) is 10.3 Å². The maximum Gasteiger partial charge on any atom is 0.269 e. The van der Waals surface area contributed by atoms with Gasteiger partial charge in [-0.1, -0.05) is 42.5 Å². The van der Waals surface area contributed by atoms with E-state index < -0.39 is 0 Å². The van der Waals surface area contributed by atoms with Gasteiger partial charge in [-0.3, -0.25) is 9.78 Å². The molecule has 132 valence electrons. The first kappa shape index (κ1) is 17.7. The lowest BCUT2D eigenvalue weighted by molar-refractivity contribution is 0.0949. The summed E-state index contributed by atoms with van der Waals surface area (Å²) in [4.78, 5) is 16.6. The van der Waals surface area contributed by atoms with Crippen LogP contribution >= 0.6 is 0 Å². The van der Waals surface area contributed by atoms with E-state index in [2.05, 4.69) is 59.8 Å². The number of amides is 1. The van der Waals surface area contributed by atoms with Gasteiger partial charge in [-0.25, -0.2) is 0 Å². The van der Waals surface area contributed by atoms with Crippen molar-refractivity contribution in [2.24, 2.45) is 0 Å². The number of aromatic nitrogens is 1. The molecule has 0 spiro atoms. The van der Waals surface area contributed by atoms with E-state index in [9.17, 15) is 4.79 Å². The zero-order chi connectivity index (χ0) is 18.4. The Morgan fingerprint density at radius 2 is 1.81 bits per heavy atom. The molecule has 0 aliphatic carbocycles. The Morgan fingerprint density at radius 1 is 1.00 bits per heavy atom. The van der Waals surface area contributed by atoms with E-state index in [-0.39, 0.29) is 5.91 Å². The topological polar surface area (TPSA) is 54.0 Å². The highest BCUT2D eigenvalue weighted by Gasteiger charge is 2.08. The standard InChI is InChI=1S/C22H23N3O/c1-16-8-9-17(2)20(14-16)25-19-11-13-23-21(15-19)22(26)24-12-10-18-6-4-3-5-7-18/h3-9,11,13-15H,10,12H2,1-2H3,(H,23,25)(H,24,26). The van der Waals surface area contributed by atoms with Gasteiger partial charge < -0.3 is 10.6 Å². The number of anilines is 2. The van der Waals surface area contributed by atoms with E-state index >= 15 is 0 Å². The average Bonchev–Trinajstić information content (AvgIpc) is 2.66. The predicted molar refractivity (Wildman–Crippen MR) is 106 cm³/mol. The fourth-order valence-electron chi connectivity index (χ4n) is 2.71. The van der Waals surface area contributed by atoms with Crippen LogP contribution in [-0.2, 0) is 6.42 Å². The Hall–Kier alpha value is -3.14. The van der Waals surface area contributed by atoms with Gasteiger partial charge in [0.25, 0.3) is 5.91 Å². The molecule has 0 fully saturated rings. The maximum absolute atomic E-state index is 12.4. The smallest absolute Gasteiger partial charge is 0.269 e. The minimum Gasteiger partial charge on any atom is -0.355 e. The van der Waals surface area contributed by atoms with Crippen LogP contribution in [0.15, 0.2) is 66.9 Å². The molecule has 0 unspecified atom stereocenters. The summed E-state index contributed by atoms with van der Waals surface area (Å²) in [6, 6.07) is 20.0. The summed E-state index contributed by atoms with van der Waals surface area (Å²) >= 11 is 0. The first-order valence-electron chi connectivity index (χ1n) is 8.74. The van der Waals surface area contributed by atoms with Crippen molar-refractivity contribution < 1.29 is 4.79 Å². The maximum atomic E-state index is 12.4. The van der Waals surface area contributed by atoms with Crippen LogP contribution in [0.3, 0.4) is 0 Å². The van der Waals surface area contributed by atoms with E-state index in [4.69, 9.17) is 0 Å². The van der Waals surface area contributed by atoms with Crippen LogP contribution in [0.4, 0.5) is 11.4 Å². The molecule has 0 aliphatic heterocycles. The lowest BCUT2D eigenvalue weighted by Gasteiger charge is -2.11. The number of hydrogen-bond acceptors (Lipinski definition) is 3. The van der Waals surface area contributed by atoms with E-state index in [0.29, 0.717) is 12.2 Å². The van der Waals surface area contributed by atoms with Crippen molar-refractivity contribution >= 4 is 17.3 Å². The van der Waals surface area contributed by atoms with Gasteiger partial charge in [-0.2, -0.15) is 0 Å². The molecule has 4 heteroatoms. The monoisotopic (exact) mass is 345 g/mol. The molecule has 0 bridgehead atoms. The number of benzene rings is 2. The van der Waals surface area contributed by atoms with Crippen molar-refractivity contribution in [2.45, 2.75) is 20.3 Å². The molecule has 0 aliphatic rings. The van der Waals surface area contributed by atoms with Crippen LogP contribution < -0.4 is 10.6 Å². The normalized spacial score (nSPS) is 10.4. The van der Waals surface area contributed by atoms with Gasteiger partial charge in [-0.15, -0.1) is 0 Å².